The lowest BCUT2D eigenvalue weighted by molar-refractivity contribution is -0.150. The third kappa shape index (κ3) is 3.46. The molecule has 102 valence electrons. The third-order valence-electron chi connectivity index (χ3n) is 2.77. The SMILES string of the molecule is O=C(O)C1CCC(C(=O)Nc2ccc(Cl)c(Br)c2)O1. The Morgan fingerprint density at radius 2 is 2.05 bits per heavy atom. The van der Waals surface area contributed by atoms with Gasteiger partial charge in [0.2, 0.25) is 0 Å². The zero-order chi connectivity index (χ0) is 14.0. The molecule has 0 aromatic heterocycles. The molecule has 2 rings (SSSR count). The van der Waals surface area contributed by atoms with Crippen LogP contribution in [-0.2, 0) is 14.3 Å². The Kier molecular flexibility index (Phi) is 4.44. The summed E-state index contributed by atoms with van der Waals surface area (Å²) in [6.07, 6.45) is -0.877. The number of carbonyl (C=O) groups is 2. The summed E-state index contributed by atoms with van der Waals surface area (Å²) < 4.78 is 5.83. The summed E-state index contributed by atoms with van der Waals surface area (Å²) in [6.45, 7) is 0. The van der Waals surface area contributed by atoms with Crippen LogP contribution in [0.3, 0.4) is 0 Å². The van der Waals surface area contributed by atoms with Gasteiger partial charge in [0.1, 0.15) is 6.10 Å². The molecule has 1 heterocycles. The molecular formula is C12H11BrClNO4. The minimum atomic E-state index is -1.04. The zero-order valence-corrected chi connectivity index (χ0v) is 12.1. The standard InChI is InChI=1S/C12H11BrClNO4/c13-7-5-6(1-2-8(7)14)15-11(16)9-3-4-10(19-9)12(17)18/h1-2,5,9-10H,3-4H2,(H,15,16)(H,17,18). The van der Waals surface area contributed by atoms with E-state index in [0.717, 1.165) is 0 Å². The summed E-state index contributed by atoms with van der Waals surface area (Å²) in [5.74, 6) is -1.39. The first kappa shape index (κ1) is 14.3. The maximum atomic E-state index is 11.9. The maximum absolute atomic E-state index is 11.9. The number of anilines is 1. The number of benzene rings is 1. The summed E-state index contributed by atoms with van der Waals surface area (Å²) in [5.41, 5.74) is 0.573. The highest BCUT2D eigenvalue weighted by Gasteiger charge is 2.34. The van der Waals surface area contributed by atoms with Crippen LogP contribution in [0.1, 0.15) is 12.8 Å². The summed E-state index contributed by atoms with van der Waals surface area (Å²) in [7, 11) is 0. The highest BCUT2D eigenvalue weighted by atomic mass is 79.9. The lowest BCUT2D eigenvalue weighted by Crippen LogP contribution is -2.29. The van der Waals surface area contributed by atoms with Gasteiger partial charge in [0.25, 0.3) is 5.91 Å². The molecule has 1 aliphatic rings. The van der Waals surface area contributed by atoms with E-state index in [1.807, 2.05) is 0 Å². The molecule has 0 radical (unpaired) electrons. The van der Waals surface area contributed by atoms with Crippen molar-refractivity contribution in [1.82, 2.24) is 0 Å². The molecule has 0 saturated carbocycles. The van der Waals surface area contributed by atoms with Gasteiger partial charge in [0, 0.05) is 10.2 Å². The number of halogens is 2. The summed E-state index contributed by atoms with van der Waals surface area (Å²) in [4.78, 5) is 22.6. The van der Waals surface area contributed by atoms with Gasteiger partial charge in [-0.1, -0.05) is 11.6 Å². The fourth-order valence-corrected chi connectivity index (χ4v) is 2.30. The van der Waals surface area contributed by atoms with Crippen LogP contribution in [0.25, 0.3) is 0 Å². The molecule has 0 spiro atoms. The van der Waals surface area contributed by atoms with Crippen molar-refractivity contribution < 1.29 is 19.4 Å². The van der Waals surface area contributed by atoms with Crippen LogP contribution in [0, 0.1) is 0 Å². The van der Waals surface area contributed by atoms with Crippen molar-refractivity contribution in [1.29, 1.82) is 0 Å². The highest BCUT2D eigenvalue weighted by Crippen LogP contribution is 2.26. The smallest absolute Gasteiger partial charge is 0.332 e. The topological polar surface area (TPSA) is 75.6 Å². The fraction of sp³-hybridized carbons (Fsp3) is 0.333. The number of hydrogen-bond donors (Lipinski definition) is 2. The van der Waals surface area contributed by atoms with E-state index < -0.39 is 18.2 Å². The van der Waals surface area contributed by atoms with Crippen LogP contribution in [0.4, 0.5) is 5.69 Å². The molecule has 0 bridgehead atoms. The molecule has 2 N–H and O–H groups in total. The van der Waals surface area contributed by atoms with Gasteiger partial charge in [-0.05, 0) is 47.0 Å². The Morgan fingerprint density at radius 3 is 2.63 bits per heavy atom. The lowest BCUT2D eigenvalue weighted by Gasteiger charge is -2.12. The molecule has 0 aliphatic carbocycles. The summed E-state index contributed by atoms with van der Waals surface area (Å²) in [6, 6.07) is 4.98. The second kappa shape index (κ2) is 5.90. The predicted molar refractivity (Wildman–Crippen MR) is 73.3 cm³/mol. The first-order chi connectivity index (χ1) is 8.97. The van der Waals surface area contributed by atoms with Crippen molar-refractivity contribution in [2.75, 3.05) is 5.32 Å². The Labute approximate surface area is 123 Å². The van der Waals surface area contributed by atoms with E-state index in [-0.39, 0.29) is 5.91 Å². The van der Waals surface area contributed by atoms with Crippen molar-refractivity contribution in [2.45, 2.75) is 25.0 Å². The van der Waals surface area contributed by atoms with Crippen LogP contribution < -0.4 is 5.32 Å². The van der Waals surface area contributed by atoms with Crippen molar-refractivity contribution in [2.24, 2.45) is 0 Å². The number of carbonyl (C=O) groups excluding carboxylic acids is 1. The van der Waals surface area contributed by atoms with Crippen LogP contribution in [-0.4, -0.2) is 29.2 Å². The van der Waals surface area contributed by atoms with E-state index in [1.165, 1.54) is 0 Å². The van der Waals surface area contributed by atoms with Gasteiger partial charge in [-0.3, -0.25) is 4.79 Å². The number of nitrogens with one attached hydrogen (secondary N) is 1. The number of hydrogen-bond acceptors (Lipinski definition) is 3. The summed E-state index contributed by atoms with van der Waals surface area (Å²) >= 11 is 9.10. The van der Waals surface area contributed by atoms with E-state index >= 15 is 0 Å². The fourth-order valence-electron chi connectivity index (χ4n) is 1.81. The van der Waals surface area contributed by atoms with E-state index in [1.54, 1.807) is 18.2 Å². The zero-order valence-electron chi connectivity index (χ0n) is 9.73. The third-order valence-corrected chi connectivity index (χ3v) is 3.99. The normalized spacial score (nSPS) is 22.2. The number of aliphatic carboxylic acids is 1. The van der Waals surface area contributed by atoms with Gasteiger partial charge in [0.05, 0.1) is 5.02 Å². The minimum absolute atomic E-state index is 0.345. The van der Waals surface area contributed by atoms with Gasteiger partial charge in [-0.25, -0.2) is 4.79 Å². The highest BCUT2D eigenvalue weighted by molar-refractivity contribution is 9.10. The molecular weight excluding hydrogens is 337 g/mol. The molecule has 1 aliphatic heterocycles. The molecule has 1 amide bonds. The number of ether oxygens (including phenoxy) is 1. The van der Waals surface area contributed by atoms with Gasteiger partial charge in [0.15, 0.2) is 6.10 Å². The van der Waals surface area contributed by atoms with Gasteiger partial charge >= 0.3 is 5.97 Å². The number of rotatable bonds is 3. The largest absolute Gasteiger partial charge is 0.479 e. The molecule has 2 atom stereocenters. The summed E-state index contributed by atoms with van der Waals surface area (Å²) in [5, 5.41) is 12.0. The van der Waals surface area contributed by atoms with Crippen molar-refractivity contribution in [3.8, 4) is 0 Å². The molecule has 19 heavy (non-hydrogen) atoms. The van der Waals surface area contributed by atoms with Crippen molar-refractivity contribution in [3.63, 3.8) is 0 Å². The first-order valence-electron chi connectivity index (χ1n) is 5.61. The van der Waals surface area contributed by atoms with Gasteiger partial charge < -0.3 is 15.2 Å². The Morgan fingerprint density at radius 1 is 1.37 bits per heavy atom. The van der Waals surface area contributed by atoms with Gasteiger partial charge in [-0.2, -0.15) is 0 Å². The molecule has 1 fully saturated rings. The van der Waals surface area contributed by atoms with Crippen LogP contribution >= 0.6 is 27.5 Å². The molecule has 1 saturated heterocycles. The molecule has 2 unspecified atom stereocenters. The van der Waals surface area contributed by atoms with Crippen LogP contribution in [0.5, 0.6) is 0 Å². The Hall–Kier alpha value is -1.11. The van der Waals surface area contributed by atoms with Gasteiger partial charge in [-0.15, -0.1) is 0 Å². The monoisotopic (exact) mass is 347 g/mol. The van der Waals surface area contributed by atoms with Crippen LogP contribution in [0.2, 0.25) is 5.02 Å². The minimum Gasteiger partial charge on any atom is -0.479 e. The lowest BCUT2D eigenvalue weighted by atomic mass is 10.2. The van der Waals surface area contributed by atoms with Crippen molar-refractivity contribution in [3.05, 3.63) is 27.7 Å². The second-order valence-corrected chi connectivity index (χ2v) is 5.41. The van der Waals surface area contributed by atoms with Crippen molar-refractivity contribution >= 4 is 45.1 Å². The number of carboxylic acids is 1. The van der Waals surface area contributed by atoms with E-state index in [9.17, 15) is 9.59 Å². The Bertz CT molecular complexity index is 522. The molecule has 1 aromatic rings. The average molecular weight is 349 g/mol. The second-order valence-electron chi connectivity index (χ2n) is 4.15. The maximum Gasteiger partial charge on any atom is 0.332 e. The number of carboxylic acid groups (broad SMARTS) is 1. The molecule has 1 aromatic carbocycles. The number of amides is 1. The quantitative estimate of drug-likeness (QED) is 0.880. The average Bonchev–Trinajstić information content (AvgIpc) is 2.83. The Balaban J connectivity index is 1.98. The molecule has 7 heteroatoms. The molecule has 5 nitrogen and oxygen atoms in total. The first-order valence-corrected chi connectivity index (χ1v) is 6.78. The van der Waals surface area contributed by atoms with E-state index in [0.29, 0.717) is 28.0 Å². The van der Waals surface area contributed by atoms with E-state index in [2.05, 4.69) is 21.2 Å². The van der Waals surface area contributed by atoms with Crippen LogP contribution in [0.15, 0.2) is 22.7 Å². The van der Waals surface area contributed by atoms with E-state index in [4.69, 9.17) is 21.4 Å². The predicted octanol–water partition coefficient (Wildman–Crippen LogP) is 2.67.